The van der Waals surface area contributed by atoms with E-state index in [1.807, 2.05) is 0 Å². The maximum Gasteiger partial charge on any atom is 0.0938 e. The summed E-state index contributed by atoms with van der Waals surface area (Å²) in [6, 6.07) is 0. The van der Waals surface area contributed by atoms with Crippen LogP contribution in [-0.4, -0.2) is 10.6 Å². The second-order valence-corrected chi connectivity index (χ2v) is 9.24. The van der Waals surface area contributed by atoms with Crippen molar-refractivity contribution in [2.24, 2.45) is 5.92 Å². The Bertz CT molecular complexity index is 687. The Labute approximate surface area is 190 Å². The first-order valence-corrected chi connectivity index (χ1v) is 12.6. The van der Waals surface area contributed by atoms with Crippen LogP contribution in [0.15, 0.2) is 83.7 Å². The predicted octanol–water partition coefficient (Wildman–Crippen LogP) is 8.67. The maximum absolute atomic E-state index is 3.63. The summed E-state index contributed by atoms with van der Waals surface area (Å²) in [5.41, 5.74) is 4.03. The molecule has 0 saturated carbocycles. The standard InChI is InChI=1S/C28H43NS/c1-7-11-12-13-14-18-25(19-15-17-23(5)9-3)20-21-29-28-24(6)22-27(30-28)26(10-4)16-8-2/h9,11-15,17,19-22,26-29H,7-8,10,16,18H2,1-6H3/b12-11-,14-13-,17-15-,21-20-,23-9+,25-19+. The van der Waals surface area contributed by atoms with Gasteiger partial charge in [-0.15, -0.1) is 11.8 Å². The van der Waals surface area contributed by atoms with Gasteiger partial charge in [0.2, 0.25) is 0 Å². The fourth-order valence-corrected chi connectivity index (χ4v) is 5.00. The van der Waals surface area contributed by atoms with Crippen molar-refractivity contribution in [3.63, 3.8) is 0 Å². The highest BCUT2D eigenvalue weighted by Gasteiger charge is 2.28. The van der Waals surface area contributed by atoms with Crippen LogP contribution in [0.3, 0.4) is 0 Å². The number of allylic oxidation sites excluding steroid dienone is 11. The molecule has 0 amide bonds. The Morgan fingerprint density at radius 2 is 1.90 bits per heavy atom. The lowest BCUT2D eigenvalue weighted by Crippen LogP contribution is -2.21. The summed E-state index contributed by atoms with van der Waals surface area (Å²) in [7, 11) is 0. The van der Waals surface area contributed by atoms with Gasteiger partial charge in [0.25, 0.3) is 0 Å². The molecule has 0 spiro atoms. The van der Waals surface area contributed by atoms with Crippen LogP contribution in [-0.2, 0) is 0 Å². The van der Waals surface area contributed by atoms with Gasteiger partial charge in [0, 0.05) is 5.25 Å². The van der Waals surface area contributed by atoms with Crippen LogP contribution in [0.5, 0.6) is 0 Å². The Kier molecular flexibility index (Phi) is 14.1. The first-order chi connectivity index (χ1) is 14.5. The largest absolute Gasteiger partial charge is 0.376 e. The van der Waals surface area contributed by atoms with E-state index >= 15 is 0 Å². The smallest absolute Gasteiger partial charge is 0.0938 e. The van der Waals surface area contributed by atoms with E-state index in [9.17, 15) is 0 Å². The van der Waals surface area contributed by atoms with E-state index in [0.29, 0.717) is 10.6 Å². The molecule has 0 radical (unpaired) electrons. The Hall–Kier alpha value is -1.67. The van der Waals surface area contributed by atoms with Crippen molar-refractivity contribution in [2.75, 3.05) is 0 Å². The zero-order chi connectivity index (χ0) is 22.2. The minimum Gasteiger partial charge on any atom is -0.376 e. The third-order valence-corrected chi connectivity index (χ3v) is 7.04. The van der Waals surface area contributed by atoms with Crippen molar-refractivity contribution in [2.45, 2.75) is 84.3 Å². The minimum atomic E-state index is 0.391. The lowest BCUT2D eigenvalue weighted by Gasteiger charge is -2.21. The molecule has 0 bridgehead atoms. The Morgan fingerprint density at radius 3 is 2.57 bits per heavy atom. The van der Waals surface area contributed by atoms with Crippen LogP contribution in [0.1, 0.15) is 73.6 Å². The van der Waals surface area contributed by atoms with E-state index in [4.69, 9.17) is 0 Å². The van der Waals surface area contributed by atoms with Gasteiger partial charge in [0.05, 0.1) is 5.37 Å². The molecule has 0 saturated heterocycles. The van der Waals surface area contributed by atoms with Gasteiger partial charge in [-0.1, -0.05) is 93.9 Å². The summed E-state index contributed by atoms with van der Waals surface area (Å²) in [6.07, 6.45) is 30.0. The topological polar surface area (TPSA) is 12.0 Å². The molecule has 0 aromatic carbocycles. The molecule has 3 atom stereocenters. The molecule has 30 heavy (non-hydrogen) atoms. The fourth-order valence-electron chi connectivity index (χ4n) is 3.39. The molecule has 0 fully saturated rings. The highest BCUT2D eigenvalue weighted by molar-refractivity contribution is 8.01. The molecule has 1 N–H and O–H groups in total. The van der Waals surface area contributed by atoms with Gasteiger partial charge in [-0.3, -0.25) is 0 Å². The summed E-state index contributed by atoms with van der Waals surface area (Å²) in [6.45, 7) is 13.2. The second kappa shape index (κ2) is 16.1. The predicted molar refractivity (Wildman–Crippen MR) is 140 cm³/mol. The summed E-state index contributed by atoms with van der Waals surface area (Å²) in [5.74, 6) is 0.794. The molecule has 1 nitrogen and oxygen atoms in total. The molecule has 1 rings (SSSR count). The first-order valence-electron chi connectivity index (χ1n) is 11.6. The van der Waals surface area contributed by atoms with Crippen LogP contribution in [0.2, 0.25) is 0 Å². The summed E-state index contributed by atoms with van der Waals surface area (Å²) < 4.78 is 0. The van der Waals surface area contributed by atoms with Gasteiger partial charge in [-0.05, 0) is 69.4 Å². The third kappa shape index (κ3) is 10.4. The molecular weight excluding hydrogens is 382 g/mol. The molecule has 1 aliphatic heterocycles. The second-order valence-electron chi connectivity index (χ2n) is 7.95. The summed E-state index contributed by atoms with van der Waals surface area (Å²) in [5, 5.41) is 4.67. The number of hydrogen-bond donors (Lipinski definition) is 1. The molecule has 3 unspecified atom stereocenters. The first kappa shape index (κ1) is 26.4. The van der Waals surface area contributed by atoms with Gasteiger partial charge in [0.1, 0.15) is 0 Å². The third-order valence-electron chi connectivity index (χ3n) is 5.42. The van der Waals surface area contributed by atoms with Crippen molar-refractivity contribution in [1.29, 1.82) is 0 Å². The number of thioether (sulfide) groups is 1. The maximum atomic E-state index is 3.63. The monoisotopic (exact) mass is 425 g/mol. The van der Waals surface area contributed by atoms with Crippen LogP contribution < -0.4 is 5.32 Å². The molecular formula is C28H43NS. The van der Waals surface area contributed by atoms with E-state index in [2.05, 4.69) is 126 Å². The zero-order valence-electron chi connectivity index (χ0n) is 20.0. The van der Waals surface area contributed by atoms with Crippen molar-refractivity contribution in [3.05, 3.63) is 83.7 Å². The number of rotatable bonds is 13. The number of nitrogens with one attached hydrogen (secondary N) is 1. The normalized spacial score (nSPS) is 22.1. The van der Waals surface area contributed by atoms with Crippen LogP contribution in [0.25, 0.3) is 0 Å². The van der Waals surface area contributed by atoms with Crippen molar-refractivity contribution in [3.8, 4) is 0 Å². The highest BCUT2D eigenvalue weighted by atomic mass is 32.2. The highest BCUT2D eigenvalue weighted by Crippen LogP contribution is 2.38. The lowest BCUT2D eigenvalue weighted by atomic mass is 9.95. The van der Waals surface area contributed by atoms with Gasteiger partial charge < -0.3 is 5.32 Å². The van der Waals surface area contributed by atoms with Crippen LogP contribution >= 0.6 is 11.8 Å². The average molecular weight is 426 g/mol. The molecule has 166 valence electrons. The lowest BCUT2D eigenvalue weighted by molar-refractivity contribution is 0.481. The van der Waals surface area contributed by atoms with Gasteiger partial charge in [0.15, 0.2) is 0 Å². The van der Waals surface area contributed by atoms with E-state index in [1.54, 1.807) is 0 Å². The summed E-state index contributed by atoms with van der Waals surface area (Å²) in [4.78, 5) is 0. The van der Waals surface area contributed by atoms with E-state index in [-0.39, 0.29) is 0 Å². The van der Waals surface area contributed by atoms with Gasteiger partial charge >= 0.3 is 0 Å². The SMILES string of the molecule is C/C=C(C)/C=C\C=C(\C=C/NC1SC(C(CC)CCC)C=C1C)C/C=C\C=C/CC. The van der Waals surface area contributed by atoms with E-state index < -0.39 is 0 Å². The quantitative estimate of drug-likeness (QED) is 0.234. The minimum absolute atomic E-state index is 0.391. The van der Waals surface area contributed by atoms with Gasteiger partial charge in [-0.25, -0.2) is 0 Å². The van der Waals surface area contributed by atoms with Crippen molar-refractivity contribution in [1.82, 2.24) is 5.32 Å². The summed E-state index contributed by atoms with van der Waals surface area (Å²) >= 11 is 2.08. The van der Waals surface area contributed by atoms with Crippen molar-refractivity contribution >= 4 is 11.8 Å². The Morgan fingerprint density at radius 1 is 1.13 bits per heavy atom. The zero-order valence-corrected chi connectivity index (χ0v) is 20.8. The fraction of sp³-hybridized carbons (Fsp3) is 0.500. The molecule has 1 heterocycles. The molecule has 2 heteroatoms. The van der Waals surface area contributed by atoms with E-state index in [0.717, 1.165) is 18.8 Å². The van der Waals surface area contributed by atoms with Gasteiger partial charge in [-0.2, -0.15) is 0 Å². The van der Waals surface area contributed by atoms with E-state index in [1.165, 1.54) is 36.0 Å². The molecule has 1 aliphatic rings. The molecule has 0 aliphatic carbocycles. The Balaban J connectivity index is 2.75. The van der Waals surface area contributed by atoms with Crippen LogP contribution in [0, 0.1) is 5.92 Å². The van der Waals surface area contributed by atoms with Crippen molar-refractivity contribution < 1.29 is 0 Å². The molecule has 0 aromatic rings. The van der Waals surface area contributed by atoms with Crippen LogP contribution in [0.4, 0.5) is 0 Å². The number of hydrogen-bond acceptors (Lipinski definition) is 2. The average Bonchev–Trinajstić information content (AvgIpc) is 3.11. The molecule has 0 aromatic heterocycles.